The standard InChI is InChI=1S/C13H19N3O3S2/c1-3-19-8-5-7-14-21(17,18)12-10-16(2)15-13(12)11-6-4-9-20-11/h4,6,9-10,14H,3,5,7-8H2,1-2H3. The van der Waals surface area contributed by atoms with Gasteiger partial charge < -0.3 is 4.74 Å². The van der Waals surface area contributed by atoms with Crippen molar-refractivity contribution in [3.8, 4) is 10.6 Å². The second kappa shape index (κ2) is 7.17. The summed E-state index contributed by atoms with van der Waals surface area (Å²) in [6.45, 7) is 3.44. The fourth-order valence-corrected chi connectivity index (χ4v) is 3.90. The molecule has 0 radical (unpaired) electrons. The fourth-order valence-electron chi connectivity index (χ4n) is 1.85. The van der Waals surface area contributed by atoms with Crippen LogP contribution in [0, 0.1) is 0 Å². The molecule has 1 N–H and O–H groups in total. The average molecular weight is 329 g/mol. The predicted molar refractivity (Wildman–Crippen MR) is 82.8 cm³/mol. The van der Waals surface area contributed by atoms with Crippen LogP contribution in [0.1, 0.15) is 13.3 Å². The number of aryl methyl sites for hydroxylation is 1. The van der Waals surface area contributed by atoms with Crippen LogP contribution in [-0.4, -0.2) is 38.0 Å². The second-order valence-electron chi connectivity index (χ2n) is 4.44. The van der Waals surface area contributed by atoms with E-state index in [-0.39, 0.29) is 4.90 Å². The molecule has 0 unspecified atom stereocenters. The SMILES string of the molecule is CCOCCCNS(=O)(=O)c1cn(C)nc1-c1cccs1. The maximum atomic E-state index is 12.4. The summed E-state index contributed by atoms with van der Waals surface area (Å²) in [4.78, 5) is 1.05. The molecule has 2 rings (SSSR count). The molecule has 2 aromatic rings. The van der Waals surface area contributed by atoms with Gasteiger partial charge in [-0.2, -0.15) is 5.10 Å². The summed E-state index contributed by atoms with van der Waals surface area (Å²) in [7, 11) is -1.85. The van der Waals surface area contributed by atoms with E-state index in [0.29, 0.717) is 31.9 Å². The van der Waals surface area contributed by atoms with Gasteiger partial charge in [0.25, 0.3) is 0 Å². The molecule has 0 aliphatic heterocycles. The average Bonchev–Trinajstić information content (AvgIpc) is 3.07. The van der Waals surface area contributed by atoms with Crippen LogP contribution in [0.3, 0.4) is 0 Å². The number of hydrogen-bond acceptors (Lipinski definition) is 5. The Bertz CT molecular complexity index is 663. The Labute approximate surface area is 128 Å². The third kappa shape index (κ3) is 4.13. The third-order valence-electron chi connectivity index (χ3n) is 2.80. The van der Waals surface area contributed by atoms with Crippen molar-refractivity contribution in [1.82, 2.24) is 14.5 Å². The van der Waals surface area contributed by atoms with Gasteiger partial charge in [-0.3, -0.25) is 4.68 Å². The van der Waals surface area contributed by atoms with Gasteiger partial charge in [0.05, 0.1) is 4.88 Å². The van der Waals surface area contributed by atoms with E-state index in [0.717, 1.165) is 4.88 Å². The summed E-state index contributed by atoms with van der Waals surface area (Å²) in [6.07, 6.45) is 2.17. The topological polar surface area (TPSA) is 73.2 Å². The maximum Gasteiger partial charge on any atom is 0.244 e. The lowest BCUT2D eigenvalue weighted by molar-refractivity contribution is 0.146. The number of thiophene rings is 1. The van der Waals surface area contributed by atoms with Gasteiger partial charge in [-0.05, 0) is 24.8 Å². The van der Waals surface area contributed by atoms with Crippen LogP contribution in [0.5, 0.6) is 0 Å². The number of nitrogens with one attached hydrogen (secondary N) is 1. The Morgan fingerprint density at radius 2 is 2.29 bits per heavy atom. The van der Waals surface area contributed by atoms with E-state index in [1.165, 1.54) is 22.2 Å². The molecule has 21 heavy (non-hydrogen) atoms. The van der Waals surface area contributed by atoms with E-state index in [2.05, 4.69) is 9.82 Å². The van der Waals surface area contributed by atoms with Crippen LogP contribution in [-0.2, 0) is 21.8 Å². The molecule has 0 fully saturated rings. The number of sulfonamides is 1. The van der Waals surface area contributed by atoms with Gasteiger partial charge in [0.1, 0.15) is 10.6 Å². The van der Waals surface area contributed by atoms with Crippen molar-refractivity contribution in [3.05, 3.63) is 23.7 Å². The highest BCUT2D eigenvalue weighted by atomic mass is 32.2. The highest BCUT2D eigenvalue weighted by Crippen LogP contribution is 2.29. The van der Waals surface area contributed by atoms with Crippen LogP contribution < -0.4 is 4.72 Å². The number of ether oxygens (including phenoxy) is 1. The summed E-state index contributed by atoms with van der Waals surface area (Å²) < 4.78 is 34.1. The fraction of sp³-hybridized carbons (Fsp3) is 0.462. The highest BCUT2D eigenvalue weighted by Gasteiger charge is 2.23. The largest absolute Gasteiger partial charge is 0.382 e. The first kappa shape index (κ1) is 16.2. The molecule has 8 heteroatoms. The lowest BCUT2D eigenvalue weighted by atomic mass is 10.3. The summed E-state index contributed by atoms with van der Waals surface area (Å²) in [5, 5.41) is 6.16. The van der Waals surface area contributed by atoms with Crippen LogP contribution in [0.15, 0.2) is 28.6 Å². The van der Waals surface area contributed by atoms with Crippen LogP contribution in [0.4, 0.5) is 0 Å². The number of hydrogen-bond donors (Lipinski definition) is 1. The zero-order chi connectivity index (χ0) is 15.3. The van der Waals surface area contributed by atoms with E-state index < -0.39 is 10.0 Å². The molecular formula is C13H19N3O3S2. The van der Waals surface area contributed by atoms with Crippen molar-refractivity contribution in [2.75, 3.05) is 19.8 Å². The van der Waals surface area contributed by atoms with Crippen molar-refractivity contribution >= 4 is 21.4 Å². The Morgan fingerprint density at radius 3 is 2.95 bits per heavy atom. The number of nitrogens with zero attached hydrogens (tertiary/aromatic N) is 2. The molecule has 0 spiro atoms. The van der Waals surface area contributed by atoms with Crippen LogP contribution in [0.25, 0.3) is 10.6 Å². The molecule has 0 aliphatic rings. The molecule has 0 aliphatic carbocycles. The molecule has 116 valence electrons. The van der Waals surface area contributed by atoms with E-state index in [1.807, 2.05) is 24.4 Å². The molecular weight excluding hydrogens is 310 g/mol. The van der Waals surface area contributed by atoms with E-state index in [9.17, 15) is 8.42 Å². The lowest BCUT2D eigenvalue weighted by Gasteiger charge is -2.06. The molecule has 2 aromatic heterocycles. The number of rotatable bonds is 8. The summed E-state index contributed by atoms with van der Waals surface area (Å²) in [5.74, 6) is 0. The van der Waals surface area contributed by atoms with E-state index >= 15 is 0 Å². The van der Waals surface area contributed by atoms with Gasteiger partial charge >= 0.3 is 0 Å². The summed E-state index contributed by atoms with van der Waals surface area (Å²) in [6, 6.07) is 3.74. The number of aromatic nitrogens is 2. The predicted octanol–water partition coefficient (Wildman–Crippen LogP) is 1.85. The minimum absolute atomic E-state index is 0.212. The zero-order valence-corrected chi connectivity index (χ0v) is 13.7. The summed E-state index contributed by atoms with van der Waals surface area (Å²) >= 11 is 1.47. The lowest BCUT2D eigenvalue weighted by Crippen LogP contribution is -2.25. The molecule has 0 amide bonds. The Morgan fingerprint density at radius 1 is 1.48 bits per heavy atom. The second-order valence-corrected chi connectivity index (χ2v) is 7.12. The van der Waals surface area contributed by atoms with Gasteiger partial charge in [-0.1, -0.05) is 6.07 Å². The van der Waals surface area contributed by atoms with Gasteiger partial charge in [-0.25, -0.2) is 13.1 Å². The van der Waals surface area contributed by atoms with Crippen LogP contribution >= 0.6 is 11.3 Å². The van der Waals surface area contributed by atoms with Crippen molar-refractivity contribution < 1.29 is 13.2 Å². The minimum atomic E-state index is -3.57. The molecule has 6 nitrogen and oxygen atoms in total. The van der Waals surface area contributed by atoms with Crippen molar-refractivity contribution in [1.29, 1.82) is 0 Å². The first-order valence-corrected chi connectivity index (χ1v) is 9.06. The first-order valence-electron chi connectivity index (χ1n) is 6.69. The maximum absolute atomic E-state index is 12.4. The zero-order valence-electron chi connectivity index (χ0n) is 12.1. The third-order valence-corrected chi connectivity index (χ3v) is 5.14. The molecule has 0 saturated heterocycles. The summed E-state index contributed by atoms with van der Waals surface area (Å²) in [5.41, 5.74) is 0.491. The smallest absolute Gasteiger partial charge is 0.244 e. The molecule has 0 atom stereocenters. The quantitative estimate of drug-likeness (QED) is 0.750. The molecule has 0 aromatic carbocycles. The Hall–Kier alpha value is -1.22. The first-order chi connectivity index (χ1) is 10.0. The van der Waals surface area contributed by atoms with Crippen molar-refractivity contribution in [3.63, 3.8) is 0 Å². The molecule has 2 heterocycles. The van der Waals surface area contributed by atoms with E-state index in [4.69, 9.17) is 4.74 Å². The van der Waals surface area contributed by atoms with Gasteiger partial charge in [0.2, 0.25) is 10.0 Å². The Kier molecular flexibility index (Phi) is 5.51. The van der Waals surface area contributed by atoms with Gasteiger partial charge in [0, 0.05) is 33.0 Å². The molecule has 0 saturated carbocycles. The van der Waals surface area contributed by atoms with Gasteiger partial charge in [-0.15, -0.1) is 11.3 Å². The van der Waals surface area contributed by atoms with Crippen molar-refractivity contribution in [2.45, 2.75) is 18.2 Å². The monoisotopic (exact) mass is 329 g/mol. The van der Waals surface area contributed by atoms with Crippen molar-refractivity contribution in [2.24, 2.45) is 7.05 Å². The molecule has 0 bridgehead atoms. The van der Waals surface area contributed by atoms with Gasteiger partial charge in [0.15, 0.2) is 0 Å². The normalized spacial score (nSPS) is 11.9. The highest BCUT2D eigenvalue weighted by molar-refractivity contribution is 7.89. The minimum Gasteiger partial charge on any atom is -0.382 e. The van der Waals surface area contributed by atoms with Crippen LogP contribution in [0.2, 0.25) is 0 Å². The van der Waals surface area contributed by atoms with E-state index in [1.54, 1.807) is 7.05 Å². The Balaban J connectivity index is 2.13.